The van der Waals surface area contributed by atoms with E-state index in [4.69, 9.17) is 14.5 Å². The summed E-state index contributed by atoms with van der Waals surface area (Å²) >= 11 is 0. The van der Waals surface area contributed by atoms with E-state index in [1.54, 1.807) is 7.11 Å². The average molecular weight is 514 g/mol. The monoisotopic (exact) mass is 513 g/mol. The summed E-state index contributed by atoms with van der Waals surface area (Å²) in [5, 5.41) is 12.3. The van der Waals surface area contributed by atoms with Crippen LogP contribution in [-0.2, 0) is 22.4 Å². The van der Waals surface area contributed by atoms with Crippen molar-refractivity contribution in [2.45, 2.75) is 31.3 Å². The van der Waals surface area contributed by atoms with Crippen molar-refractivity contribution in [1.29, 1.82) is 0 Å². The predicted molar refractivity (Wildman–Crippen MR) is 142 cm³/mol. The number of nitrogens with one attached hydrogen (secondary N) is 1. The molecule has 1 atom stereocenters. The van der Waals surface area contributed by atoms with E-state index < -0.39 is 0 Å². The van der Waals surface area contributed by atoms with Gasteiger partial charge in [-0.1, -0.05) is 18.2 Å². The molecule has 10 heteroatoms. The highest BCUT2D eigenvalue weighted by atomic mass is 16.5. The SMILES string of the molecule is COc1cc2[nH]nc(-c3cnn(C4CN(C(=O)C5COCCN5C)C4)c3)c2nc1-c1cccc2c1CCC2. The van der Waals surface area contributed by atoms with Crippen LogP contribution in [0.15, 0.2) is 36.7 Å². The molecular formula is C28H31N7O3. The second kappa shape index (κ2) is 9.21. The number of amides is 1. The number of hydrogen-bond donors (Lipinski definition) is 1. The number of likely N-dealkylation sites (N-methyl/N-ethyl adjacent to an activating group) is 1. The van der Waals surface area contributed by atoms with Crippen LogP contribution in [0, 0.1) is 0 Å². The quantitative estimate of drug-likeness (QED) is 0.438. The Morgan fingerprint density at radius 3 is 2.95 bits per heavy atom. The number of carbonyl (C=O) groups excluding carboxylic acids is 1. The molecule has 2 fully saturated rings. The predicted octanol–water partition coefficient (Wildman–Crippen LogP) is 2.70. The Kier molecular flexibility index (Phi) is 5.66. The van der Waals surface area contributed by atoms with E-state index in [-0.39, 0.29) is 18.0 Å². The number of ether oxygens (including phenoxy) is 2. The lowest BCUT2D eigenvalue weighted by Gasteiger charge is -2.43. The zero-order valence-corrected chi connectivity index (χ0v) is 21.7. The second-order valence-electron chi connectivity index (χ2n) is 10.5. The van der Waals surface area contributed by atoms with Gasteiger partial charge in [0, 0.05) is 43.0 Å². The van der Waals surface area contributed by atoms with Crippen LogP contribution in [0.4, 0.5) is 0 Å². The van der Waals surface area contributed by atoms with Gasteiger partial charge in [-0.15, -0.1) is 0 Å². The van der Waals surface area contributed by atoms with Crippen molar-refractivity contribution in [2.75, 3.05) is 47.0 Å². The molecule has 10 nitrogen and oxygen atoms in total. The molecule has 4 aromatic rings. The molecule has 0 bridgehead atoms. The molecule has 196 valence electrons. The number of methoxy groups -OCH3 is 1. The number of rotatable bonds is 5. The van der Waals surface area contributed by atoms with Gasteiger partial charge in [-0.25, -0.2) is 4.98 Å². The fourth-order valence-electron chi connectivity index (χ4n) is 5.94. The van der Waals surface area contributed by atoms with Crippen LogP contribution in [0.3, 0.4) is 0 Å². The standard InChI is InChI=1S/C28H31N7O3/c1-33-9-10-38-16-23(33)28(36)34-14-19(15-34)35-13-18(12-29-35)25-27-22(31-32-25)11-24(37-2)26(30-27)21-8-4-6-17-5-3-7-20(17)21/h4,6,8,11-13,19,23H,3,5,7,9-10,14-16H2,1-2H3,(H,31,32). The minimum absolute atomic E-state index is 0.132. The average Bonchev–Trinajstić information content (AvgIpc) is 3.66. The van der Waals surface area contributed by atoms with Gasteiger partial charge in [0.1, 0.15) is 28.7 Å². The summed E-state index contributed by atoms with van der Waals surface area (Å²) in [5.74, 6) is 0.865. The van der Waals surface area contributed by atoms with Gasteiger partial charge in [0.05, 0.1) is 38.1 Å². The molecule has 1 unspecified atom stereocenters. The molecule has 0 radical (unpaired) electrons. The highest BCUT2D eigenvalue weighted by Crippen LogP contribution is 2.39. The third-order valence-corrected chi connectivity index (χ3v) is 8.23. The molecule has 3 aliphatic rings. The minimum Gasteiger partial charge on any atom is -0.494 e. The number of morpholine rings is 1. The lowest BCUT2D eigenvalue weighted by molar-refractivity contribution is -0.148. The summed E-state index contributed by atoms with van der Waals surface area (Å²) in [6.45, 7) is 3.20. The van der Waals surface area contributed by atoms with Crippen molar-refractivity contribution in [3.8, 4) is 28.3 Å². The molecule has 7 rings (SSSR count). The van der Waals surface area contributed by atoms with Crippen LogP contribution in [-0.4, -0.2) is 93.7 Å². The van der Waals surface area contributed by atoms with E-state index in [2.05, 4.69) is 38.4 Å². The molecule has 38 heavy (non-hydrogen) atoms. The Hall–Kier alpha value is -3.76. The number of hydrogen-bond acceptors (Lipinski definition) is 7. The van der Waals surface area contributed by atoms with Crippen molar-refractivity contribution in [1.82, 2.24) is 34.8 Å². The fraction of sp³-hybridized carbons (Fsp3) is 0.429. The number of nitrogens with zero attached hydrogens (tertiary/aromatic N) is 6. The molecule has 1 aromatic carbocycles. The zero-order valence-electron chi connectivity index (χ0n) is 21.7. The molecule has 0 saturated carbocycles. The molecule has 2 saturated heterocycles. The van der Waals surface area contributed by atoms with Gasteiger partial charge in [-0.05, 0) is 37.4 Å². The van der Waals surface area contributed by atoms with Crippen LogP contribution in [0.25, 0.3) is 33.5 Å². The number of pyridine rings is 1. The van der Waals surface area contributed by atoms with E-state index >= 15 is 0 Å². The molecular weight excluding hydrogens is 482 g/mol. The molecule has 3 aromatic heterocycles. The summed E-state index contributed by atoms with van der Waals surface area (Å²) in [7, 11) is 3.67. The maximum absolute atomic E-state index is 12.9. The van der Waals surface area contributed by atoms with Gasteiger partial charge in [-0.3, -0.25) is 19.5 Å². The third kappa shape index (κ3) is 3.78. The Balaban J connectivity index is 1.15. The summed E-state index contributed by atoms with van der Waals surface area (Å²) in [6, 6.07) is 8.38. The lowest BCUT2D eigenvalue weighted by atomic mass is 9.99. The maximum Gasteiger partial charge on any atom is 0.242 e. The molecule has 1 N–H and O–H groups in total. The van der Waals surface area contributed by atoms with Crippen LogP contribution >= 0.6 is 0 Å². The molecule has 1 amide bonds. The number of aryl methyl sites for hydroxylation is 1. The Morgan fingerprint density at radius 2 is 2.11 bits per heavy atom. The van der Waals surface area contributed by atoms with Crippen molar-refractivity contribution in [3.05, 3.63) is 47.8 Å². The smallest absolute Gasteiger partial charge is 0.242 e. The second-order valence-corrected chi connectivity index (χ2v) is 10.5. The Morgan fingerprint density at radius 1 is 1.21 bits per heavy atom. The first-order valence-electron chi connectivity index (χ1n) is 13.3. The normalized spacial score (nSPS) is 20.1. The minimum atomic E-state index is -0.198. The van der Waals surface area contributed by atoms with Gasteiger partial charge in [-0.2, -0.15) is 10.2 Å². The molecule has 0 spiro atoms. The van der Waals surface area contributed by atoms with E-state index in [9.17, 15) is 4.79 Å². The summed E-state index contributed by atoms with van der Waals surface area (Å²) in [4.78, 5) is 22.0. The highest BCUT2D eigenvalue weighted by Gasteiger charge is 2.38. The van der Waals surface area contributed by atoms with Crippen LogP contribution in [0.2, 0.25) is 0 Å². The number of aromatic amines is 1. The van der Waals surface area contributed by atoms with Gasteiger partial charge in [0.25, 0.3) is 0 Å². The lowest BCUT2D eigenvalue weighted by Crippen LogP contribution is -2.59. The fourth-order valence-corrected chi connectivity index (χ4v) is 5.94. The van der Waals surface area contributed by atoms with Gasteiger partial charge < -0.3 is 14.4 Å². The Bertz CT molecular complexity index is 1520. The molecule has 2 aliphatic heterocycles. The number of benzene rings is 1. The van der Waals surface area contributed by atoms with Crippen molar-refractivity contribution in [3.63, 3.8) is 0 Å². The van der Waals surface area contributed by atoms with E-state index in [1.807, 2.05) is 35.1 Å². The topological polar surface area (TPSA) is 101 Å². The number of carbonyl (C=O) groups is 1. The largest absolute Gasteiger partial charge is 0.494 e. The Labute approximate surface area is 220 Å². The highest BCUT2D eigenvalue weighted by molar-refractivity contribution is 5.93. The summed E-state index contributed by atoms with van der Waals surface area (Å²) in [6.07, 6.45) is 7.17. The van der Waals surface area contributed by atoms with Crippen LogP contribution in [0.5, 0.6) is 5.75 Å². The summed E-state index contributed by atoms with van der Waals surface area (Å²) in [5.41, 5.74) is 8.01. The first kappa shape index (κ1) is 23.4. The van der Waals surface area contributed by atoms with Gasteiger partial charge in [0.2, 0.25) is 5.91 Å². The molecule has 1 aliphatic carbocycles. The number of aromatic nitrogens is 5. The maximum atomic E-state index is 12.9. The van der Waals surface area contributed by atoms with Gasteiger partial charge >= 0.3 is 0 Å². The first-order valence-corrected chi connectivity index (χ1v) is 13.3. The third-order valence-electron chi connectivity index (χ3n) is 8.23. The molecule has 5 heterocycles. The van der Waals surface area contributed by atoms with Crippen molar-refractivity contribution in [2.24, 2.45) is 0 Å². The van der Waals surface area contributed by atoms with Crippen molar-refractivity contribution >= 4 is 16.9 Å². The van der Waals surface area contributed by atoms with Crippen LogP contribution in [0.1, 0.15) is 23.6 Å². The van der Waals surface area contributed by atoms with E-state index in [0.29, 0.717) is 26.3 Å². The number of fused-ring (bicyclic) bond motifs is 2. The summed E-state index contributed by atoms with van der Waals surface area (Å²) < 4.78 is 13.2. The van der Waals surface area contributed by atoms with E-state index in [0.717, 1.165) is 58.7 Å². The van der Waals surface area contributed by atoms with Crippen LogP contribution < -0.4 is 4.74 Å². The van der Waals surface area contributed by atoms with Crippen molar-refractivity contribution < 1.29 is 14.3 Å². The van der Waals surface area contributed by atoms with E-state index in [1.165, 1.54) is 17.5 Å². The number of H-pyrrole nitrogens is 1. The van der Waals surface area contributed by atoms with Gasteiger partial charge in [0.15, 0.2) is 0 Å². The first-order chi connectivity index (χ1) is 18.6. The number of likely N-dealkylation sites (tertiary alicyclic amines) is 1. The zero-order chi connectivity index (χ0) is 25.8.